The van der Waals surface area contributed by atoms with Crippen molar-refractivity contribution in [1.29, 1.82) is 0 Å². The largest absolute Gasteiger partial charge is 0.508 e. The molecule has 0 bridgehead atoms. The standard InChI is InChI=1S/C14H22N2O3/c1-10(2)14(3,19)9-16-13(18)15-8-11-4-6-12(17)7-5-11/h4-7,10,17,19H,8-9H2,1-3H3,(H2,15,16,18). The van der Waals surface area contributed by atoms with Gasteiger partial charge in [-0.2, -0.15) is 0 Å². The van der Waals surface area contributed by atoms with Crippen molar-refractivity contribution in [2.45, 2.75) is 32.9 Å². The zero-order valence-electron chi connectivity index (χ0n) is 11.6. The average molecular weight is 266 g/mol. The van der Waals surface area contributed by atoms with Gasteiger partial charge in [0.1, 0.15) is 5.75 Å². The second kappa shape index (κ2) is 6.43. The van der Waals surface area contributed by atoms with Gasteiger partial charge in [0.15, 0.2) is 0 Å². The fraction of sp³-hybridized carbons (Fsp3) is 0.500. The molecule has 0 aliphatic heterocycles. The van der Waals surface area contributed by atoms with Gasteiger partial charge in [0.2, 0.25) is 0 Å². The number of phenols is 1. The smallest absolute Gasteiger partial charge is 0.315 e. The molecule has 0 fully saturated rings. The maximum absolute atomic E-state index is 11.6. The third kappa shape index (κ3) is 5.18. The van der Waals surface area contributed by atoms with Crippen LogP contribution in [0, 0.1) is 5.92 Å². The van der Waals surface area contributed by atoms with Crippen LogP contribution in [0.1, 0.15) is 26.3 Å². The highest BCUT2D eigenvalue weighted by Gasteiger charge is 2.25. The van der Waals surface area contributed by atoms with Crippen molar-refractivity contribution >= 4 is 6.03 Å². The molecule has 0 saturated carbocycles. The summed E-state index contributed by atoms with van der Waals surface area (Å²) in [5.41, 5.74) is -0.0286. The van der Waals surface area contributed by atoms with Crippen LogP contribution >= 0.6 is 0 Å². The Hall–Kier alpha value is -1.75. The first kappa shape index (κ1) is 15.3. The number of benzene rings is 1. The molecule has 0 heterocycles. The Morgan fingerprint density at radius 1 is 1.26 bits per heavy atom. The minimum absolute atomic E-state index is 0.0601. The topological polar surface area (TPSA) is 81.6 Å². The number of hydrogen-bond donors (Lipinski definition) is 4. The zero-order valence-corrected chi connectivity index (χ0v) is 11.6. The Bertz CT molecular complexity index is 413. The first-order chi connectivity index (χ1) is 8.81. The molecule has 0 aromatic heterocycles. The lowest BCUT2D eigenvalue weighted by molar-refractivity contribution is 0.0166. The molecule has 0 spiro atoms. The van der Waals surface area contributed by atoms with Crippen LogP contribution in [0.3, 0.4) is 0 Å². The monoisotopic (exact) mass is 266 g/mol. The third-order valence-electron chi connectivity index (χ3n) is 3.24. The molecule has 5 nitrogen and oxygen atoms in total. The molecule has 2 amide bonds. The van der Waals surface area contributed by atoms with Crippen molar-refractivity contribution in [3.05, 3.63) is 29.8 Å². The van der Waals surface area contributed by atoms with Crippen molar-refractivity contribution in [2.75, 3.05) is 6.54 Å². The molecule has 1 unspecified atom stereocenters. The molecule has 4 N–H and O–H groups in total. The van der Waals surface area contributed by atoms with E-state index < -0.39 is 5.60 Å². The molecule has 1 atom stereocenters. The predicted molar refractivity (Wildman–Crippen MR) is 73.8 cm³/mol. The quantitative estimate of drug-likeness (QED) is 0.653. The van der Waals surface area contributed by atoms with Crippen LogP contribution in [-0.4, -0.2) is 28.4 Å². The van der Waals surface area contributed by atoms with Crippen LogP contribution in [-0.2, 0) is 6.54 Å². The number of aromatic hydroxyl groups is 1. The summed E-state index contributed by atoms with van der Waals surface area (Å²) >= 11 is 0. The number of rotatable bonds is 5. The van der Waals surface area contributed by atoms with E-state index in [1.165, 1.54) is 0 Å². The van der Waals surface area contributed by atoms with Crippen molar-refractivity contribution in [1.82, 2.24) is 10.6 Å². The summed E-state index contributed by atoms with van der Waals surface area (Å²) in [4.78, 5) is 11.6. The molecule has 0 aliphatic carbocycles. The number of amides is 2. The summed E-state index contributed by atoms with van der Waals surface area (Å²) in [5, 5.41) is 24.4. The van der Waals surface area contributed by atoms with E-state index in [-0.39, 0.29) is 24.2 Å². The maximum atomic E-state index is 11.6. The van der Waals surface area contributed by atoms with E-state index in [4.69, 9.17) is 5.11 Å². The lowest BCUT2D eigenvalue weighted by Crippen LogP contribution is -2.47. The van der Waals surface area contributed by atoms with Crippen molar-refractivity contribution in [3.63, 3.8) is 0 Å². The predicted octanol–water partition coefficient (Wildman–Crippen LogP) is 1.60. The number of nitrogens with one attached hydrogen (secondary N) is 2. The summed E-state index contributed by atoms with van der Waals surface area (Å²) in [5.74, 6) is 0.256. The second-order valence-electron chi connectivity index (χ2n) is 5.21. The molecule has 0 aliphatic rings. The van der Waals surface area contributed by atoms with Crippen LogP contribution in [0.5, 0.6) is 5.75 Å². The average Bonchev–Trinajstić information content (AvgIpc) is 2.35. The fourth-order valence-electron chi connectivity index (χ4n) is 1.32. The molecule has 0 saturated heterocycles. The molecular weight excluding hydrogens is 244 g/mol. The van der Waals surface area contributed by atoms with Crippen molar-refractivity contribution < 1.29 is 15.0 Å². The van der Waals surface area contributed by atoms with Crippen molar-refractivity contribution in [3.8, 4) is 5.75 Å². The maximum Gasteiger partial charge on any atom is 0.315 e. The van der Waals surface area contributed by atoms with Crippen LogP contribution in [0.2, 0.25) is 0 Å². The highest BCUT2D eigenvalue weighted by Crippen LogP contribution is 2.14. The SMILES string of the molecule is CC(C)C(C)(O)CNC(=O)NCc1ccc(O)cc1. The summed E-state index contributed by atoms with van der Waals surface area (Å²) in [6.07, 6.45) is 0. The molecule has 106 valence electrons. The minimum Gasteiger partial charge on any atom is -0.508 e. The molecular formula is C14H22N2O3. The third-order valence-corrected chi connectivity index (χ3v) is 3.24. The molecule has 5 heteroatoms. The second-order valence-corrected chi connectivity index (χ2v) is 5.21. The summed E-state index contributed by atoms with van der Waals surface area (Å²) in [7, 11) is 0. The van der Waals surface area contributed by atoms with Gasteiger partial charge < -0.3 is 20.8 Å². The Morgan fingerprint density at radius 3 is 2.37 bits per heavy atom. The Labute approximate surface area is 113 Å². The molecule has 1 rings (SSSR count). The first-order valence-corrected chi connectivity index (χ1v) is 6.33. The van der Waals surface area contributed by atoms with E-state index in [1.807, 2.05) is 13.8 Å². The van der Waals surface area contributed by atoms with Gasteiger partial charge in [0.05, 0.1) is 5.60 Å². The lowest BCUT2D eigenvalue weighted by atomic mass is 9.93. The van der Waals surface area contributed by atoms with Crippen molar-refractivity contribution in [2.24, 2.45) is 5.92 Å². The van der Waals surface area contributed by atoms with E-state index in [0.717, 1.165) is 5.56 Å². The summed E-state index contributed by atoms with van der Waals surface area (Å²) < 4.78 is 0. The highest BCUT2D eigenvalue weighted by atomic mass is 16.3. The van der Waals surface area contributed by atoms with Gasteiger partial charge >= 0.3 is 6.03 Å². The number of aliphatic hydroxyl groups is 1. The van der Waals surface area contributed by atoms with Gasteiger partial charge in [0.25, 0.3) is 0 Å². The van der Waals surface area contributed by atoms with Gasteiger partial charge in [-0.05, 0) is 30.5 Å². The van der Waals surface area contributed by atoms with E-state index in [1.54, 1.807) is 31.2 Å². The minimum atomic E-state index is -0.921. The molecule has 1 aromatic rings. The van der Waals surface area contributed by atoms with Gasteiger partial charge in [-0.1, -0.05) is 26.0 Å². The lowest BCUT2D eigenvalue weighted by Gasteiger charge is -2.27. The number of urea groups is 1. The normalized spacial score (nSPS) is 13.9. The van der Waals surface area contributed by atoms with Gasteiger partial charge in [0, 0.05) is 13.1 Å². The van der Waals surface area contributed by atoms with E-state index in [2.05, 4.69) is 10.6 Å². The van der Waals surface area contributed by atoms with Gasteiger partial charge in [-0.3, -0.25) is 0 Å². The molecule has 1 aromatic carbocycles. The first-order valence-electron chi connectivity index (χ1n) is 6.33. The Balaban J connectivity index is 2.34. The Kier molecular flexibility index (Phi) is 5.18. The van der Waals surface area contributed by atoms with E-state index >= 15 is 0 Å². The van der Waals surface area contributed by atoms with Crippen LogP contribution < -0.4 is 10.6 Å². The number of hydrogen-bond acceptors (Lipinski definition) is 3. The molecule has 0 radical (unpaired) electrons. The van der Waals surface area contributed by atoms with Crippen LogP contribution in [0.25, 0.3) is 0 Å². The highest BCUT2D eigenvalue weighted by molar-refractivity contribution is 5.73. The number of phenolic OH excluding ortho intramolecular Hbond substituents is 1. The summed E-state index contributed by atoms with van der Waals surface area (Å²) in [6, 6.07) is 6.28. The van der Waals surface area contributed by atoms with Crippen LogP contribution in [0.4, 0.5) is 4.79 Å². The number of carbonyl (C=O) groups excluding carboxylic acids is 1. The van der Waals surface area contributed by atoms with E-state index in [9.17, 15) is 9.90 Å². The Morgan fingerprint density at radius 2 is 1.84 bits per heavy atom. The molecule has 19 heavy (non-hydrogen) atoms. The van der Waals surface area contributed by atoms with Gasteiger partial charge in [-0.25, -0.2) is 4.79 Å². The van der Waals surface area contributed by atoms with E-state index in [0.29, 0.717) is 6.54 Å². The number of carbonyl (C=O) groups is 1. The fourth-order valence-corrected chi connectivity index (χ4v) is 1.32. The summed E-state index contributed by atoms with van der Waals surface area (Å²) in [6.45, 7) is 6.06. The zero-order chi connectivity index (χ0) is 14.5. The van der Waals surface area contributed by atoms with Crippen LogP contribution in [0.15, 0.2) is 24.3 Å². The van der Waals surface area contributed by atoms with Gasteiger partial charge in [-0.15, -0.1) is 0 Å².